The van der Waals surface area contributed by atoms with Crippen molar-refractivity contribution in [1.82, 2.24) is 0 Å². The molecule has 0 radical (unpaired) electrons. The summed E-state index contributed by atoms with van der Waals surface area (Å²) in [7, 11) is 0. The van der Waals surface area contributed by atoms with Gasteiger partial charge < -0.3 is 10.0 Å². The lowest BCUT2D eigenvalue weighted by atomic mass is 9.91. The zero-order chi connectivity index (χ0) is 13.8. The lowest BCUT2D eigenvalue weighted by Crippen LogP contribution is -2.34. The molecule has 1 aromatic carbocycles. The monoisotopic (exact) mass is 325 g/mol. The Kier molecular flexibility index (Phi) is 4.86. The molecular formula is C15H20BrNO2. The molecule has 1 aliphatic rings. The predicted octanol–water partition coefficient (Wildman–Crippen LogP) is 3.84. The maximum Gasteiger partial charge on any atom is 0.303 e. The number of aliphatic carboxylic acids is 1. The van der Waals surface area contributed by atoms with Crippen molar-refractivity contribution in [3.63, 3.8) is 0 Å². The Labute approximate surface area is 122 Å². The maximum atomic E-state index is 10.6. The molecule has 2 rings (SSSR count). The fourth-order valence-corrected chi connectivity index (χ4v) is 3.24. The second-order valence-electron chi connectivity index (χ2n) is 5.29. The van der Waals surface area contributed by atoms with Crippen molar-refractivity contribution in [3.05, 3.63) is 28.2 Å². The van der Waals surface area contributed by atoms with Crippen LogP contribution in [0.3, 0.4) is 0 Å². The van der Waals surface area contributed by atoms with Crippen molar-refractivity contribution in [2.24, 2.45) is 5.92 Å². The second kappa shape index (κ2) is 6.42. The normalized spacial score (nSPS) is 16.6. The highest BCUT2D eigenvalue weighted by molar-refractivity contribution is 9.10. The van der Waals surface area contributed by atoms with Crippen LogP contribution in [0.4, 0.5) is 5.69 Å². The van der Waals surface area contributed by atoms with Gasteiger partial charge in [0.1, 0.15) is 0 Å². The van der Waals surface area contributed by atoms with Gasteiger partial charge in [-0.25, -0.2) is 0 Å². The number of nitrogens with zero attached hydrogens (tertiary/aromatic N) is 1. The maximum absolute atomic E-state index is 10.6. The molecular weight excluding hydrogens is 306 g/mol. The van der Waals surface area contributed by atoms with Gasteiger partial charge in [0.25, 0.3) is 0 Å². The van der Waals surface area contributed by atoms with Crippen LogP contribution in [0.2, 0.25) is 0 Å². The van der Waals surface area contributed by atoms with E-state index in [1.807, 2.05) is 0 Å². The van der Waals surface area contributed by atoms with E-state index in [-0.39, 0.29) is 0 Å². The lowest BCUT2D eigenvalue weighted by Gasteiger charge is -2.34. The van der Waals surface area contributed by atoms with Gasteiger partial charge in [-0.1, -0.05) is 15.9 Å². The van der Waals surface area contributed by atoms with E-state index in [4.69, 9.17) is 5.11 Å². The molecule has 0 unspecified atom stereocenters. The van der Waals surface area contributed by atoms with Crippen LogP contribution in [0.5, 0.6) is 0 Å². The van der Waals surface area contributed by atoms with Crippen LogP contribution in [0.15, 0.2) is 22.7 Å². The largest absolute Gasteiger partial charge is 0.481 e. The smallest absolute Gasteiger partial charge is 0.303 e. The van der Waals surface area contributed by atoms with E-state index in [1.54, 1.807) is 0 Å². The molecule has 3 nitrogen and oxygen atoms in total. The van der Waals surface area contributed by atoms with Crippen LogP contribution >= 0.6 is 15.9 Å². The Hall–Kier alpha value is -1.03. The summed E-state index contributed by atoms with van der Waals surface area (Å²) < 4.78 is 1.12. The number of halogens is 1. The molecule has 0 aromatic heterocycles. The summed E-state index contributed by atoms with van der Waals surface area (Å²) >= 11 is 3.49. The number of benzene rings is 1. The molecule has 0 aliphatic carbocycles. The summed E-state index contributed by atoms with van der Waals surface area (Å²) in [6.45, 7) is 4.20. The minimum Gasteiger partial charge on any atom is -0.481 e. The molecule has 1 N–H and O–H groups in total. The highest BCUT2D eigenvalue weighted by Crippen LogP contribution is 2.29. The molecule has 1 saturated heterocycles. The molecule has 0 saturated carbocycles. The summed E-state index contributed by atoms with van der Waals surface area (Å²) in [6.07, 6.45) is 3.33. The molecule has 1 aliphatic heterocycles. The first kappa shape index (κ1) is 14.4. The van der Waals surface area contributed by atoms with Crippen molar-refractivity contribution in [3.8, 4) is 0 Å². The topological polar surface area (TPSA) is 40.5 Å². The Morgan fingerprint density at radius 1 is 1.42 bits per heavy atom. The van der Waals surface area contributed by atoms with E-state index in [9.17, 15) is 4.79 Å². The zero-order valence-corrected chi connectivity index (χ0v) is 12.8. The molecule has 1 aromatic rings. The van der Waals surface area contributed by atoms with E-state index < -0.39 is 5.97 Å². The zero-order valence-electron chi connectivity index (χ0n) is 11.2. The third kappa shape index (κ3) is 3.96. The number of rotatable bonds is 4. The van der Waals surface area contributed by atoms with Gasteiger partial charge >= 0.3 is 5.97 Å². The summed E-state index contributed by atoms with van der Waals surface area (Å²) in [5, 5.41) is 8.72. The summed E-state index contributed by atoms with van der Waals surface area (Å²) in [5.74, 6) is -0.103. The predicted molar refractivity (Wildman–Crippen MR) is 80.7 cm³/mol. The van der Waals surface area contributed by atoms with Gasteiger partial charge in [0.2, 0.25) is 0 Å². The third-order valence-corrected chi connectivity index (χ3v) is 4.37. The standard InChI is InChI=1S/C15H20BrNO2/c1-11-10-13(16)3-4-14(11)17-8-6-12(7-9-17)2-5-15(18)19/h3-4,10,12H,2,5-9H2,1H3,(H,18,19). The summed E-state index contributed by atoms with van der Waals surface area (Å²) in [5.41, 5.74) is 2.60. The highest BCUT2D eigenvalue weighted by atomic mass is 79.9. The van der Waals surface area contributed by atoms with Gasteiger partial charge in [-0.2, -0.15) is 0 Å². The van der Waals surface area contributed by atoms with Gasteiger partial charge in [-0.15, -0.1) is 0 Å². The van der Waals surface area contributed by atoms with Crippen LogP contribution < -0.4 is 4.90 Å². The molecule has 0 bridgehead atoms. The van der Waals surface area contributed by atoms with Crippen LogP contribution in [0.25, 0.3) is 0 Å². The van der Waals surface area contributed by atoms with Gasteiger partial charge in [0.15, 0.2) is 0 Å². The first-order valence-electron chi connectivity index (χ1n) is 6.79. The Balaban J connectivity index is 1.90. The average molecular weight is 326 g/mol. The van der Waals surface area contributed by atoms with Crippen LogP contribution in [0, 0.1) is 12.8 Å². The number of carboxylic acids is 1. The van der Waals surface area contributed by atoms with Crippen molar-refractivity contribution in [1.29, 1.82) is 0 Å². The number of piperidine rings is 1. The van der Waals surface area contributed by atoms with Crippen molar-refractivity contribution < 1.29 is 9.90 Å². The van der Waals surface area contributed by atoms with E-state index >= 15 is 0 Å². The molecule has 0 spiro atoms. The van der Waals surface area contributed by atoms with E-state index in [0.29, 0.717) is 12.3 Å². The number of aryl methyl sites for hydroxylation is 1. The van der Waals surface area contributed by atoms with E-state index in [2.05, 4.69) is 46.0 Å². The molecule has 0 amide bonds. The first-order chi connectivity index (χ1) is 9.06. The number of carboxylic acid groups (broad SMARTS) is 1. The first-order valence-corrected chi connectivity index (χ1v) is 7.58. The number of hydrogen-bond acceptors (Lipinski definition) is 2. The van der Waals surface area contributed by atoms with Crippen molar-refractivity contribution in [2.75, 3.05) is 18.0 Å². The van der Waals surface area contributed by atoms with E-state index in [0.717, 1.165) is 36.8 Å². The summed E-state index contributed by atoms with van der Waals surface area (Å²) in [4.78, 5) is 13.0. The molecule has 1 fully saturated rings. The van der Waals surface area contributed by atoms with Crippen molar-refractivity contribution in [2.45, 2.75) is 32.6 Å². The van der Waals surface area contributed by atoms with Gasteiger partial charge in [-0.3, -0.25) is 4.79 Å². The van der Waals surface area contributed by atoms with E-state index in [1.165, 1.54) is 11.3 Å². The Morgan fingerprint density at radius 2 is 2.11 bits per heavy atom. The fraction of sp³-hybridized carbons (Fsp3) is 0.533. The molecule has 1 heterocycles. The molecule has 4 heteroatoms. The highest BCUT2D eigenvalue weighted by Gasteiger charge is 2.20. The average Bonchev–Trinajstić information content (AvgIpc) is 2.37. The number of carbonyl (C=O) groups is 1. The van der Waals surface area contributed by atoms with Gasteiger partial charge in [-0.05, 0) is 55.9 Å². The fourth-order valence-electron chi connectivity index (χ4n) is 2.76. The van der Waals surface area contributed by atoms with Crippen LogP contribution in [-0.4, -0.2) is 24.2 Å². The third-order valence-electron chi connectivity index (χ3n) is 3.88. The minimum atomic E-state index is -0.675. The number of anilines is 1. The Morgan fingerprint density at radius 3 is 2.68 bits per heavy atom. The molecule has 19 heavy (non-hydrogen) atoms. The molecule has 104 valence electrons. The SMILES string of the molecule is Cc1cc(Br)ccc1N1CCC(CCC(=O)O)CC1. The van der Waals surface area contributed by atoms with Crippen molar-refractivity contribution >= 4 is 27.6 Å². The minimum absolute atomic E-state index is 0.308. The van der Waals surface area contributed by atoms with Crippen LogP contribution in [0.1, 0.15) is 31.2 Å². The summed E-state index contributed by atoms with van der Waals surface area (Å²) in [6, 6.07) is 6.39. The quantitative estimate of drug-likeness (QED) is 0.914. The lowest BCUT2D eigenvalue weighted by molar-refractivity contribution is -0.137. The van der Waals surface area contributed by atoms with Gasteiger partial charge in [0, 0.05) is 29.7 Å². The van der Waals surface area contributed by atoms with Crippen LogP contribution in [-0.2, 0) is 4.79 Å². The Bertz CT molecular complexity index is 453. The number of hydrogen-bond donors (Lipinski definition) is 1. The second-order valence-corrected chi connectivity index (χ2v) is 6.21. The molecule has 0 atom stereocenters. The van der Waals surface area contributed by atoms with Gasteiger partial charge in [0.05, 0.1) is 0 Å².